The molecule has 0 bridgehead atoms. The lowest BCUT2D eigenvalue weighted by Crippen LogP contribution is -1.99. The van der Waals surface area contributed by atoms with E-state index < -0.39 is 12.1 Å². The van der Waals surface area contributed by atoms with E-state index in [1.54, 1.807) is 22.6 Å². The van der Waals surface area contributed by atoms with Gasteiger partial charge in [0.1, 0.15) is 15.1 Å². The van der Waals surface area contributed by atoms with E-state index in [0.717, 1.165) is 6.07 Å². The maximum atomic E-state index is 12.1. The van der Waals surface area contributed by atoms with E-state index in [4.69, 9.17) is 10.8 Å². The smallest absolute Gasteiger partial charge is 0.282 e. The Morgan fingerprint density at radius 1 is 1.58 bits per heavy atom. The Hall–Kier alpha value is -0.660. The monoisotopic (exact) mass is 286 g/mol. The van der Waals surface area contributed by atoms with E-state index in [-0.39, 0.29) is 15.1 Å². The summed E-state index contributed by atoms with van der Waals surface area (Å²) in [5.74, 6) is -0.183. The summed E-state index contributed by atoms with van der Waals surface area (Å²) in [6.07, 6.45) is -2.71. The highest BCUT2D eigenvalue weighted by Gasteiger charge is 2.15. The third-order valence-electron chi connectivity index (χ3n) is 1.22. The molecule has 0 saturated carbocycles. The topological polar surface area (TPSA) is 59.1 Å². The number of anilines is 1. The lowest BCUT2D eigenvalue weighted by molar-refractivity contribution is 0.146. The first kappa shape index (κ1) is 9.43. The zero-order valence-corrected chi connectivity index (χ0v) is 7.92. The van der Waals surface area contributed by atoms with Crippen molar-refractivity contribution < 1.29 is 13.9 Å². The highest BCUT2D eigenvalue weighted by Crippen LogP contribution is 2.28. The molecule has 0 saturated heterocycles. The van der Waals surface area contributed by atoms with Crippen LogP contribution in [0.15, 0.2) is 6.07 Å². The SMILES string of the molecule is Nc1cc(O)c(I)nc1C(F)F. The Morgan fingerprint density at radius 3 is 2.67 bits per heavy atom. The number of nitrogens with zero attached hydrogens (tertiary/aromatic N) is 1. The van der Waals surface area contributed by atoms with Gasteiger partial charge < -0.3 is 10.8 Å². The summed E-state index contributed by atoms with van der Waals surface area (Å²) in [5.41, 5.74) is 4.50. The van der Waals surface area contributed by atoms with Crippen LogP contribution in [-0.2, 0) is 0 Å². The molecule has 0 amide bonds. The van der Waals surface area contributed by atoms with Crippen LogP contribution in [0.25, 0.3) is 0 Å². The zero-order chi connectivity index (χ0) is 9.30. The molecule has 3 N–H and O–H groups in total. The molecule has 1 aromatic rings. The first-order valence-electron chi connectivity index (χ1n) is 2.95. The molecular formula is C6H5F2IN2O. The van der Waals surface area contributed by atoms with Gasteiger partial charge in [0, 0.05) is 6.07 Å². The van der Waals surface area contributed by atoms with Crippen LogP contribution in [-0.4, -0.2) is 10.1 Å². The maximum Gasteiger partial charge on any atom is 0.282 e. The molecule has 0 spiro atoms. The van der Waals surface area contributed by atoms with Crippen LogP contribution >= 0.6 is 22.6 Å². The fraction of sp³-hybridized carbons (Fsp3) is 0.167. The Morgan fingerprint density at radius 2 is 2.17 bits per heavy atom. The van der Waals surface area contributed by atoms with Crippen molar-refractivity contribution in [1.29, 1.82) is 0 Å². The number of pyridine rings is 1. The van der Waals surface area contributed by atoms with E-state index >= 15 is 0 Å². The highest BCUT2D eigenvalue weighted by atomic mass is 127. The molecule has 0 aromatic carbocycles. The van der Waals surface area contributed by atoms with Gasteiger partial charge in [0.2, 0.25) is 0 Å². The molecular weight excluding hydrogens is 281 g/mol. The second kappa shape index (κ2) is 3.38. The third kappa shape index (κ3) is 1.74. The van der Waals surface area contributed by atoms with Gasteiger partial charge in [-0.25, -0.2) is 13.8 Å². The second-order valence-corrected chi connectivity index (χ2v) is 3.10. The van der Waals surface area contributed by atoms with Gasteiger partial charge >= 0.3 is 0 Å². The summed E-state index contributed by atoms with van der Waals surface area (Å²) in [7, 11) is 0. The van der Waals surface area contributed by atoms with Crippen LogP contribution in [0.5, 0.6) is 5.75 Å². The van der Waals surface area contributed by atoms with Gasteiger partial charge in [-0.05, 0) is 22.6 Å². The van der Waals surface area contributed by atoms with E-state index in [1.165, 1.54) is 0 Å². The quantitative estimate of drug-likeness (QED) is 0.612. The molecule has 0 aliphatic carbocycles. The number of hydrogen-bond acceptors (Lipinski definition) is 3. The minimum atomic E-state index is -2.71. The Labute approximate surface area is 80.7 Å². The molecule has 0 unspecified atom stereocenters. The first-order valence-corrected chi connectivity index (χ1v) is 4.03. The van der Waals surface area contributed by atoms with Crippen molar-refractivity contribution in [2.75, 3.05) is 5.73 Å². The highest BCUT2D eigenvalue weighted by molar-refractivity contribution is 14.1. The molecule has 1 heterocycles. The van der Waals surface area contributed by atoms with Gasteiger partial charge in [0.05, 0.1) is 5.69 Å². The first-order chi connectivity index (χ1) is 5.52. The Balaban J connectivity index is 3.23. The summed E-state index contributed by atoms with van der Waals surface area (Å²) >= 11 is 1.65. The standard InChI is InChI=1S/C6H5F2IN2O/c7-5(8)4-2(10)1-3(12)6(9)11-4/h1,5,12H,10H2. The number of aromatic hydroxyl groups is 1. The Bertz CT molecular complexity index is 306. The number of hydrogen-bond donors (Lipinski definition) is 2. The third-order valence-corrected chi connectivity index (χ3v) is 2.02. The second-order valence-electron chi connectivity index (χ2n) is 2.07. The van der Waals surface area contributed by atoms with Crippen molar-refractivity contribution >= 4 is 28.3 Å². The molecule has 66 valence electrons. The summed E-state index contributed by atoms with van der Waals surface area (Å²) in [6, 6.07) is 1.07. The normalized spacial score (nSPS) is 10.7. The fourth-order valence-electron chi connectivity index (χ4n) is 0.683. The number of aromatic nitrogens is 1. The van der Waals surface area contributed by atoms with Gasteiger partial charge in [0.15, 0.2) is 0 Å². The number of rotatable bonds is 1. The van der Waals surface area contributed by atoms with Crippen LogP contribution in [0.2, 0.25) is 0 Å². The van der Waals surface area contributed by atoms with E-state index in [1.807, 2.05) is 0 Å². The van der Waals surface area contributed by atoms with Crippen LogP contribution in [0.4, 0.5) is 14.5 Å². The minimum absolute atomic E-state index is 0.122. The molecule has 0 atom stereocenters. The van der Waals surface area contributed by atoms with Gasteiger partial charge in [-0.2, -0.15) is 0 Å². The molecule has 12 heavy (non-hydrogen) atoms. The predicted octanol–water partition coefficient (Wildman–Crippen LogP) is 1.91. The van der Waals surface area contributed by atoms with Crippen molar-refractivity contribution in [2.45, 2.75) is 6.43 Å². The van der Waals surface area contributed by atoms with Crippen molar-refractivity contribution in [3.8, 4) is 5.75 Å². The van der Waals surface area contributed by atoms with Gasteiger partial charge in [0.25, 0.3) is 6.43 Å². The van der Waals surface area contributed by atoms with Gasteiger partial charge in [-0.1, -0.05) is 0 Å². The number of alkyl halides is 2. The number of nitrogen functional groups attached to an aromatic ring is 1. The zero-order valence-electron chi connectivity index (χ0n) is 5.76. The lowest BCUT2D eigenvalue weighted by Gasteiger charge is -2.04. The summed E-state index contributed by atoms with van der Waals surface area (Å²) in [4.78, 5) is 3.43. The van der Waals surface area contributed by atoms with Crippen LogP contribution in [0, 0.1) is 3.70 Å². The Kier molecular flexibility index (Phi) is 2.65. The number of nitrogens with two attached hydrogens (primary N) is 1. The molecule has 0 radical (unpaired) electrons. The van der Waals surface area contributed by atoms with Crippen molar-refractivity contribution in [3.63, 3.8) is 0 Å². The largest absolute Gasteiger partial charge is 0.505 e. The maximum absolute atomic E-state index is 12.1. The molecule has 0 fully saturated rings. The number of halogens is 3. The lowest BCUT2D eigenvalue weighted by atomic mass is 10.3. The molecule has 1 aromatic heterocycles. The van der Waals surface area contributed by atoms with Crippen molar-refractivity contribution in [2.24, 2.45) is 0 Å². The van der Waals surface area contributed by atoms with E-state index in [2.05, 4.69) is 4.98 Å². The molecule has 6 heteroatoms. The van der Waals surface area contributed by atoms with E-state index in [0.29, 0.717) is 0 Å². The minimum Gasteiger partial charge on any atom is -0.505 e. The van der Waals surface area contributed by atoms with Crippen molar-refractivity contribution in [1.82, 2.24) is 4.98 Å². The van der Waals surface area contributed by atoms with Gasteiger partial charge in [-0.15, -0.1) is 0 Å². The average Bonchev–Trinajstić information content (AvgIpc) is 1.96. The summed E-state index contributed by atoms with van der Waals surface area (Å²) < 4.78 is 24.3. The fourth-order valence-corrected chi connectivity index (χ4v) is 1.10. The van der Waals surface area contributed by atoms with Crippen LogP contribution in [0.3, 0.4) is 0 Å². The van der Waals surface area contributed by atoms with E-state index in [9.17, 15) is 8.78 Å². The van der Waals surface area contributed by atoms with Gasteiger partial charge in [-0.3, -0.25) is 0 Å². The van der Waals surface area contributed by atoms with Crippen LogP contribution in [0.1, 0.15) is 12.1 Å². The average molecular weight is 286 g/mol. The summed E-state index contributed by atoms with van der Waals surface area (Å²) in [6.45, 7) is 0. The molecule has 0 aliphatic rings. The predicted molar refractivity (Wildman–Crippen MR) is 48.0 cm³/mol. The summed E-state index contributed by atoms with van der Waals surface area (Å²) in [5, 5.41) is 9.01. The molecule has 1 rings (SSSR count). The van der Waals surface area contributed by atoms with Crippen molar-refractivity contribution in [3.05, 3.63) is 15.5 Å². The molecule has 0 aliphatic heterocycles. The van der Waals surface area contributed by atoms with Crippen LogP contribution < -0.4 is 5.73 Å². The molecule has 3 nitrogen and oxygen atoms in total.